The lowest BCUT2D eigenvalue weighted by Gasteiger charge is -2.18. The Morgan fingerprint density at radius 1 is 0.906 bits per heavy atom. The first kappa shape index (κ1) is 22.6. The number of anilines is 2. The molecule has 0 bridgehead atoms. The average molecular weight is 429 g/mol. The van der Waals surface area contributed by atoms with Crippen LogP contribution in [0.3, 0.4) is 0 Å². The highest BCUT2D eigenvalue weighted by Gasteiger charge is 2.16. The Bertz CT molecular complexity index is 1090. The van der Waals surface area contributed by atoms with Crippen molar-refractivity contribution in [2.45, 2.75) is 0 Å². The standard InChI is InChI=1S/C24H24BN3O4/c1-28(19-7-3-2-4-8-19)23(30)15-26-24(31)20-9-5-6-10-21(20)32-16-22(29)27-18-13-11-17(25)12-14-18/h2-14H,15-16,25H2,1H3,(H,26,31)(H,27,29). The van der Waals surface area contributed by atoms with Crippen LogP contribution in [0, 0.1) is 0 Å². The average Bonchev–Trinajstić information content (AvgIpc) is 2.82. The van der Waals surface area contributed by atoms with Crippen molar-refractivity contribution in [2.24, 2.45) is 0 Å². The van der Waals surface area contributed by atoms with E-state index in [2.05, 4.69) is 10.6 Å². The van der Waals surface area contributed by atoms with Gasteiger partial charge in [-0.2, -0.15) is 0 Å². The van der Waals surface area contributed by atoms with Gasteiger partial charge >= 0.3 is 0 Å². The lowest BCUT2D eigenvalue weighted by atomic mass is 9.96. The Kier molecular flexibility index (Phi) is 7.64. The molecule has 0 spiro atoms. The van der Waals surface area contributed by atoms with Gasteiger partial charge in [0.15, 0.2) is 6.61 Å². The van der Waals surface area contributed by atoms with Crippen molar-refractivity contribution < 1.29 is 19.1 Å². The summed E-state index contributed by atoms with van der Waals surface area (Å²) in [6, 6.07) is 23.1. The topological polar surface area (TPSA) is 87.7 Å². The van der Waals surface area contributed by atoms with Crippen LogP contribution >= 0.6 is 0 Å². The van der Waals surface area contributed by atoms with Crippen LogP contribution in [-0.2, 0) is 9.59 Å². The molecule has 0 heterocycles. The van der Waals surface area contributed by atoms with Crippen LogP contribution in [0.4, 0.5) is 11.4 Å². The quantitative estimate of drug-likeness (QED) is 0.530. The highest BCUT2D eigenvalue weighted by atomic mass is 16.5. The molecule has 0 radical (unpaired) electrons. The number of nitrogens with zero attached hydrogens (tertiary/aromatic N) is 1. The Balaban J connectivity index is 1.55. The van der Waals surface area contributed by atoms with Crippen LogP contribution in [0.15, 0.2) is 78.9 Å². The second-order valence-electron chi connectivity index (χ2n) is 7.17. The van der Waals surface area contributed by atoms with Crippen LogP contribution in [0.25, 0.3) is 0 Å². The highest BCUT2D eigenvalue weighted by Crippen LogP contribution is 2.18. The van der Waals surface area contributed by atoms with Gasteiger partial charge in [-0.15, -0.1) is 0 Å². The molecule has 0 saturated heterocycles. The summed E-state index contributed by atoms with van der Waals surface area (Å²) in [5.74, 6) is -0.813. The minimum atomic E-state index is -0.464. The van der Waals surface area contributed by atoms with Gasteiger partial charge in [-0.3, -0.25) is 14.4 Å². The first-order chi connectivity index (χ1) is 15.4. The molecular weight excluding hydrogens is 405 g/mol. The number of carbonyl (C=O) groups excluding carboxylic acids is 3. The fraction of sp³-hybridized carbons (Fsp3) is 0.125. The van der Waals surface area contributed by atoms with Crippen molar-refractivity contribution in [2.75, 3.05) is 30.4 Å². The number of nitrogens with one attached hydrogen (secondary N) is 2. The molecule has 162 valence electrons. The first-order valence-electron chi connectivity index (χ1n) is 10.1. The highest BCUT2D eigenvalue weighted by molar-refractivity contribution is 6.32. The molecule has 3 aromatic carbocycles. The van der Waals surface area contributed by atoms with E-state index in [-0.39, 0.29) is 36.3 Å². The van der Waals surface area contributed by atoms with Crippen molar-refractivity contribution in [3.8, 4) is 5.75 Å². The van der Waals surface area contributed by atoms with Gasteiger partial charge in [-0.1, -0.05) is 47.9 Å². The molecule has 2 N–H and O–H groups in total. The fourth-order valence-electron chi connectivity index (χ4n) is 2.92. The third kappa shape index (κ3) is 6.22. The molecule has 0 aliphatic rings. The lowest BCUT2D eigenvalue weighted by molar-refractivity contribution is -0.118. The van der Waals surface area contributed by atoms with E-state index in [4.69, 9.17) is 4.74 Å². The van der Waals surface area contributed by atoms with Crippen molar-refractivity contribution in [1.82, 2.24) is 5.32 Å². The number of likely N-dealkylation sites (N-methyl/N-ethyl adjacent to an activating group) is 1. The number of amides is 3. The Hall–Kier alpha value is -4.07. The Morgan fingerprint density at radius 3 is 2.28 bits per heavy atom. The molecule has 3 aromatic rings. The Morgan fingerprint density at radius 2 is 1.56 bits per heavy atom. The zero-order valence-electron chi connectivity index (χ0n) is 18.0. The van der Waals surface area contributed by atoms with Crippen LogP contribution in [0.5, 0.6) is 5.75 Å². The van der Waals surface area contributed by atoms with Crippen molar-refractivity contribution >= 4 is 42.4 Å². The van der Waals surface area contributed by atoms with Gasteiger partial charge < -0.3 is 20.3 Å². The predicted octanol–water partition coefficient (Wildman–Crippen LogP) is 1.36. The molecule has 3 rings (SSSR count). The predicted molar refractivity (Wildman–Crippen MR) is 127 cm³/mol. The van der Waals surface area contributed by atoms with E-state index in [0.29, 0.717) is 5.69 Å². The minimum absolute atomic E-state index is 0.174. The van der Waals surface area contributed by atoms with Crippen LogP contribution in [-0.4, -0.2) is 45.8 Å². The van der Waals surface area contributed by atoms with Gasteiger partial charge in [0.2, 0.25) is 5.91 Å². The Labute approximate surface area is 187 Å². The largest absolute Gasteiger partial charge is 0.483 e. The second kappa shape index (κ2) is 10.8. The van der Waals surface area contributed by atoms with Crippen LogP contribution in [0.2, 0.25) is 0 Å². The van der Waals surface area contributed by atoms with E-state index in [1.165, 1.54) is 4.90 Å². The third-order valence-corrected chi connectivity index (χ3v) is 4.74. The van der Waals surface area contributed by atoms with E-state index < -0.39 is 5.91 Å². The van der Waals surface area contributed by atoms with E-state index >= 15 is 0 Å². The third-order valence-electron chi connectivity index (χ3n) is 4.74. The van der Waals surface area contributed by atoms with Gasteiger partial charge in [0.05, 0.1) is 12.1 Å². The number of carbonyl (C=O) groups is 3. The van der Waals surface area contributed by atoms with Crippen LogP contribution in [0.1, 0.15) is 10.4 Å². The molecule has 0 fully saturated rings. The summed E-state index contributed by atoms with van der Waals surface area (Å²) >= 11 is 0. The van der Waals surface area contributed by atoms with E-state index in [9.17, 15) is 14.4 Å². The van der Waals surface area contributed by atoms with Gasteiger partial charge in [0, 0.05) is 18.4 Å². The maximum Gasteiger partial charge on any atom is 0.262 e. The summed E-state index contributed by atoms with van der Waals surface area (Å²) < 4.78 is 5.57. The number of ether oxygens (including phenoxy) is 1. The van der Waals surface area contributed by atoms with Crippen molar-refractivity contribution in [3.05, 3.63) is 84.4 Å². The van der Waals surface area contributed by atoms with Gasteiger partial charge in [-0.25, -0.2) is 0 Å². The van der Waals surface area contributed by atoms with E-state index in [1.807, 2.05) is 50.3 Å². The summed E-state index contributed by atoms with van der Waals surface area (Å²) in [6.07, 6.45) is 0. The number of hydrogen-bond acceptors (Lipinski definition) is 4. The summed E-state index contributed by atoms with van der Waals surface area (Å²) in [7, 11) is 3.61. The monoisotopic (exact) mass is 429 g/mol. The fourth-order valence-corrected chi connectivity index (χ4v) is 2.92. The molecular formula is C24H24BN3O4. The summed E-state index contributed by atoms with van der Waals surface area (Å²) in [6.45, 7) is -0.430. The smallest absolute Gasteiger partial charge is 0.262 e. The molecule has 0 aliphatic carbocycles. The molecule has 7 nitrogen and oxygen atoms in total. The number of para-hydroxylation sites is 2. The van der Waals surface area contributed by atoms with Crippen LogP contribution < -0.4 is 25.7 Å². The van der Waals surface area contributed by atoms with Gasteiger partial charge in [-0.05, 0) is 36.4 Å². The molecule has 0 aliphatic heterocycles. The summed E-state index contributed by atoms with van der Waals surface area (Å²) in [4.78, 5) is 38.7. The minimum Gasteiger partial charge on any atom is -0.483 e. The lowest BCUT2D eigenvalue weighted by Crippen LogP contribution is -2.38. The van der Waals surface area contributed by atoms with Crippen molar-refractivity contribution in [3.63, 3.8) is 0 Å². The molecule has 0 aromatic heterocycles. The molecule has 0 saturated carbocycles. The van der Waals surface area contributed by atoms with E-state index in [0.717, 1.165) is 11.2 Å². The van der Waals surface area contributed by atoms with Gasteiger partial charge in [0.25, 0.3) is 11.8 Å². The second-order valence-corrected chi connectivity index (χ2v) is 7.17. The number of hydrogen-bond donors (Lipinski definition) is 2. The SMILES string of the molecule is Bc1ccc(NC(=O)COc2ccccc2C(=O)NCC(=O)N(C)c2ccccc2)cc1. The first-order valence-corrected chi connectivity index (χ1v) is 10.1. The summed E-state index contributed by atoms with van der Waals surface area (Å²) in [5, 5.41) is 5.35. The molecule has 32 heavy (non-hydrogen) atoms. The zero-order chi connectivity index (χ0) is 22.9. The van der Waals surface area contributed by atoms with Crippen molar-refractivity contribution in [1.29, 1.82) is 0 Å². The summed E-state index contributed by atoms with van der Waals surface area (Å²) in [5.41, 5.74) is 2.73. The van der Waals surface area contributed by atoms with E-state index in [1.54, 1.807) is 43.4 Å². The molecule has 3 amide bonds. The maximum absolute atomic E-state index is 12.6. The maximum atomic E-state index is 12.6. The zero-order valence-corrected chi connectivity index (χ0v) is 18.0. The normalized spacial score (nSPS) is 10.2. The number of benzene rings is 3. The van der Waals surface area contributed by atoms with Gasteiger partial charge in [0.1, 0.15) is 13.6 Å². The molecule has 0 unspecified atom stereocenters. The molecule has 8 heteroatoms. The number of rotatable bonds is 8. The molecule has 0 atom stereocenters.